The molecule has 1 rings (SSSR count). The van der Waals surface area contributed by atoms with Gasteiger partial charge in [0, 0.05) is 25.7 Å². The van der Waals surface area contributed by atoms with Crippen molar-refractivity contribution in [3.63, 3.8) is 0 Å². The minimum absolute atomic E-state index is 0.693. The van der Waals surface area contributed by atoms with Crippen molar-refractivity contribution in [1.82, 2.24) is 10.2 Å². The number of piperidine rings is 1. The van der Waals surface area contributed by atoms with Gasteiger partial charge in [0.25, 0.3) is 0 Å². The van der Waals surface area contributed by atoms with Crippen molar-refractivity contribution < 1.29 is 4.74 Å². The molecule has 0 atom stereocenters. The maximum atomic E-state index is 5.33. The molecule has 0 saturated carbocycles. The van der Waals surface area contributed by atoms with Gasteiger partial charge in [0.15, 0.2) is 0 Å². The zero-order chi connectivity index (χ0) is 12.5. The van der Waals surface area contributed by atoms with Gasteiger partial charge in [0.05, 0.1) is 6.61 Å². The first kappa shape index (κ1) is 14.7. The third-order valence-electron chi connectivity index (χ3n) is 3.23. The molecule has 0 aromatic rings. The Morgan fingerprint density at radius 3 is 2.65 bits per heavy atom. The SMILES string of the molecule is CCOCCNC1CCN(CC=C(C)C)CC1. The van der Waals surface area contributed by atoms with Crippen LogP contribution in [0.4, 0.5) is 0 Å². The molecule has 0 bridgehead atoms. The second-order valence-corrected chi connectivity index (χ2v) is 5.01. The van der Waals surface area contributed by atoms with Gasteiger partial charge < -0.3 is 10.1 Å². The topological polar surface area (TPSA) is 24.5 Å². The molecule has 1 fully saturated rings. The molecule has 3 nitrogen and oxygen atoms in total. The second-order valence-electron chi connectivity index (χ2n) is 5.01. The van der Waals surface area contributed by atoms with E-state index in [4.69, 9.17) is 4.74 Å². The predicted octanol–water partition coefficient (Wildman–Crippen LogP) is 2.04. The van der Waals surface area contributed by atoms with Crippen molar-refractivity contribution in [3.8, 4) is 0 Å². The minimum atomic E-state index is 0.693. The molecule has 0 amide bonds. The first-order chi connectivity index (χ1) is 8.22. The van der Waals surface area contributed by atoms with Gasteiger partial charge in [0.1, 0.15) is 0 Å². The van der Waals surface area contributed by atoms with E-state index in [1.807, 2.05) is 6.92 Å². The lowest BCUT2D eigenvalue weighted by molar-refractivity contribution is 0.140. The molecule has 1 heterocycles. The summed E-state index contributed by atoms with van der Waals surface area (Å²) in [5, 5.41) is 3.57. The first-order valence-electron chi connectivity index (χ1n) is 6.89. The van der Waals surface area contributed by atoms with E-state index in [0.29, 0.717) is 6.04 Å². The third kappa shape index (κ3) is 6.81. The highest BCUT2D eigenvalue weighted by Gasteiger charge is 2.17. The van der Waals surface area contributed by atoms with E-state index in [0.717, 1.165) is 26.3 Å². The minimum Gasteiger partial charge on any atom is -0.380 e. The lowest BCUT2D eigenvalue weighted by Crippen LogP contribution is -2.43. The van der Waals surface area contributed by atoms with E-state index in [1.54, 1.807) is 0 Å². The smallest absolute Gasteiger partial charge is 0.0590 e. The van der Waals surface area contributed by atoms with Crippen LogP contribution < -0.4 is 5.32 Å². The molecule has 0 radical (unpaired) electrons. The summed E-state index contributed by atoms with van der Waals surface area (Å²) in [6.45, 7) is 12.6. The maximum Gasteiger partial charge on any atom is 0.0590 e. The highest BCUT2D eigenvalue weighted by Crippen LogP contribution is 2.10. The van der Waals surface area contributed by atoms with Crippen LogP contribution in [0.3, 0.4) is 0 Å². The van der Waals surface area contributed by atoms with Crippen LogP contribution in [0, 0.1) is 0 Å². The molecule has 1 aliphatic heterocycles. The molecule has 1 saturated heterocycles. The van der Waals surface area contributed by atoms with Crippen LogP contribution >= 0.6 is 0 Å². The highest BCUT2D eigenvalue weighted by atomic mass is 16.5. The Hall–Kier alpha value is -0.380. The summed E-state index contributed by atoms with van der Waals surface area (Å²) >= 11 is 0. The normalized spacial score (nSPS) is 18.3. The fraction of sp³-hybridized carbons (Fsp3) is 0.857. The van der Waals surface area contributed by atoms with Crippen molar-refractivity contribution in [1.29, 1.82) is 0 Å². The second kappa shape index (κ2) is 8.67. The van der Waals surface area contributed by atoms with Crippen molar-refractivity contribution in [2.45, 2.75) is 39.7 Å². The van der Waals surface area contributed by atoms with Crippen molar-refractivity contribution >= 4 is 0 Å². The van der Waals surface area contributed by atoms with Gasteiger partial charge in [-0.2, -0.15) is 0 Å². The lowest BCUT2D eigenvalue weighted by Gasteiger charge is -2.31. The molecule has 17 heavy (non-hydrogen) atoms. The maximum absolute atomic E-state index is 5.33. The quantitative estimate of drug-likeness (QED) is 0.544. The fourth-order valence-electron chi connectivity index (χ4n) is 2.11. The van der Waals surface area contributed by atoms with Crippen LogP contribution in [-0.4, -0.2) is 50.3 Å². The van der Waals surface area contributed by atoms with Crippen LogP contribution in [0.5, 0.6) is 0 Å². The number of nitrogens with one attached hydrogen (secondary N) is 1. The number of ether oxygens (including phenoxy) is 1. The Morgan fingerprint density at radius 2 is 2.06 bits per heavy atom. The number of allylic oxidation sites excluding steroid dienone is 1. The summed E-state index contributed by atoms with van der Waals surface area (Å²) in [5.74, 6) is 0. The van der Waals surface area contributed by atoms with E-state index in [-0.39, 0.29) is 0 Å². The Bertz CT molecular complexity index is 216. The summed E-state index contributed by atoms with van der Waals surface area (Å²) in [4.78, 5) is 2.54. The Balaban J connectivity index is 2.07. The molecule has 3 heteroatoms. The van der Waals surface area contributed by atoms with Gasteiger partial charge in [-0.25, -0.2) is 0 Å². The van der Waals surface area contributed by atoms with Gasteiger partial charge in [-0.05, 0) is 46.7 Å². The number of hydrogen-bond donors (Lipinski definition) is 1. The molecule has 1 aliphatic rings. The van der Waals surface area contributed by atoms with Crippen LogP contribution in [0.2, 0.25) is 0 Å². The molecule has 0 unspecified atom stereocenters. The molecule has 100 valence electrons. The predicted molar refractivity (Wildman–Crippen MR) is 73.4 cm³/mol. The first-order valence-corrected chi connectivity index (χ1v) is 6.89. The Kier molecular flexibility index (Phi) is 7.49. The van der Waals surface area contributed by atoms with Gasteiger partial charge in [-0.3, -0.25) is 4.90 Å². The summed E-state index contributed by atoms with van der Waals surface area (Å²) in [6.07, 6.45) is 4.86. The average molecular weight is 240 g/mol. The van der Waals surface area contributed by atoms with Gasteiger partial charge >= 0.3 is 0 Å². The molecule has 0 aliphatic carbocycles. The number of rotatable bonds is 7. The number of likely N-dealkylation sites (tertiary alicyclic amines) is 1. The molecule has 0 aromatic carbocycles. The molecular formula is C14H28N2O. The van der Waals surface area contributed by atoms with E-state index in [1.165, 1.54) is 31.5 Å². The zero-order valence-corrected chi connectivity index (χ0v) is 11.7. The molecule has 1 N–H and O–H groups in total. The van der Waals surface area contributed by atoms with Crippen LogP contribution in [0.1, 0.15) is 33.6 Å². The average Bonchev–Trinajstić information content (AvgIpc) is 2.33. The standard InChI is InChI=1S/C14H28N2O/c1-4-17-12-8-15-14-6-10-16(11-7-14)9-5-13(2)3/h5,14-15H,4,6-12H2,1-3H3. The molecule has 0 aromatic heterocycles. The van der Waals surface area contributed by atoms with Gasteiger partial charge in [-0.1, -0.05) is 11.6 Å². The molecular weight excluding hydrogens is 212 g/mol. The number of nitrogens with zero attached hydrogens (tertiary/aromatic N) is 1. The van der Waals surface area contributed by atoms with Crippen molar-refractivity contribution in [3.05, 3.63) is 11.6 Å². The largest absolute Gasteiger partial charge is 0.380 e. The van der Waals surface area contributed by atoms with Gasteiger partial charge in [0.2, 0.25) is 0 Å². The van der Waals surface area contributed by atoms with E-state index < -0.39 is 0 Å². The lowest BCUT2D eigenvalue weighted by atomic mass is 10.1. The Labute approximate surface area is 106 Å². The van der Waals surface area contributed by atoms with Crippen LogP contribution in [-0.2, 0) is 4.74 Å². The van der Waals surface area contributed by atoms with E-state index in [2.05, 4.69) is 30.1 Å². The summed E-state index contributed by atoms with van der Waals surface area (Å²) in [6, 6.07) is 0.693. The van der Waals surface area contributed by atoms with Crippen LogP contribution in [0.25, 0.3) is 0 Å². The Morgan fingerprint density at radius 1 is 1.35 bits per heavy atom. The van der Waals surface area contributed by atoms with Crippen molar-refractivity contribution in [2.75, 3.05) is 39.4 Å². The molecule has 0 spiro atoms. The van der Waals surface area contributed by atoms with Crippen molar-refractivity contribution in [2.24, 2.45) is 0 Å². The fourth-order valence-corrected chi connectivity index (χ4v) is 2.11. The third-order valence-corrected chi connectivity index (χ3v) is 3.23. The van der Waals surface area contributed by atoms with Crippen LogP contribution in [0.15, 0.2) is 11.6 Å². The monoisotopic (exact) mass is 240 g/mol. The summed E-state index contributed by atoms with van der Waals surface area (Å²) < 4.78 is 5.33. The zero-order valence-electron chi connectivity index (χ0n) is 11.7. The van der Waals surface area contributed by atoms with E-state index in [9.17, 15) is 0 Å². The van der Waals surface area contributed by atoms with Gasteiger partial charge in [-0.15, -0.1) is 0 Å². The van der Waals surface area contributed by atoms with E-state index >= 15 is 0 Å². The summed E-state index contributed by atoms with van der Waals surface area (Å²) in [5.41, 5.74) is 1.42. The highest BCUT2D eigenvalue weighted by molar-refractivity contribution is 4.95. The number of hydrogen-bond acceptors (Lipinski definition) is 3. The summed E-state index contributed by atoms with van der Waals surface area (Å²) in [7, 11) is 0.